The van der Waals surface area contributed by atoms with Gasteiger partial charge in [-0.15, -0.1) is 0 Å². The first-order valence-corrected chi connectivity index (χ1v) is 7.55. The number of carboxylic acid groups (broad SMARTS) is 1. The molecule has 1 heterocycles. The number of rotatable bonds is 5. The van der Waals surface area contributed by atoms with E-state index < -0.39 is 11.9 Å². The number of amides is 1. The van der Waals surface area contributed by atoms with Crippen molar-refractivity contribution >= 4 is 17.7 Å². The van der Waals surface area contributed by atoms with Crippen LogP contribution in [0.4, 0.5) is 0 Å². The van der Waals surface area contributed by atoms with E-state index in [-0.39, 0.29) is 24.1 Å². The molecule has 1 aromatic rings. The topological polar surface area (TPSA) is 87.8 Å². The van der Waals surface area contributed by atoms with E-state index in [4.69, 9.17) is 9.52 Å². The van der Waals surface area contributed by atoms with E-state index >= 15 is 0 Å². The normalized spacial score (nSPS) is 15.3. The smallest absolute Gasteiger partial charge is 0.323 e. The van der Waals surface area contributed by atoms with Gasteiger partial charge >= 0.3 is 5.97 Å². The molecule has 0 saturated carbocycles. The highest BCUT2D eigenvalue weighted by Gasteiger charge is 2.32. The largest absolute Gasteiger partial charge is 0.480 e. The molecule has 1 aromatic heterocycles. The van der Waals surface area contributed by atoms with Crippen LogP contribution in [-0.4, -0.2) is 40.3 Å². The van der Waals surface area contributed by atoms with E-state index in [1.54, 1.807) is 13.8 Å². The predicted octanol–water partition coefficient (Wildman–Crippen LogP) is 2.43. The quantitative estimate of drug-likeness (QED) is 0.902. The average Bonchev–Trinajstić information content (AvgIpc) is 2.81. The maximum atomic E-state index is 12.7. The Bertz CT molecular complexity index is 616. The molecule has 6 heteroatoms. The third-order valence-electron chi connectivity index (χ3n) is 4.19. The van der Waals surface area contributed by atoms with Crippen molar-refractivity contribution in [1.82, 2.24) is 4.90 Å². The summed E-state index contributed by atoms with van der Waals surface area (Å²) in [5, 5.41) is 9.02. The molecule has 6 nitrogen and oxygen atoms in total. The second-order valence-electron chi connectivity index (χ2n) is 5.72. The van der Waals surface area contributed by atoms with Gasteiger partial charge in [-0.2, -0.15) is 0 Å². The number of aryl methyl sites for hydroxylation is 1. The van der Waals surface area contributed by atoms with E-state index in [0.29, 0.717) is 36.1 Å². The predicted molar refractivity (Wildman–Crippen MR) is 79.1 cm³/mol. The van der Waals surface area contributed by atoms with Crippen LogP contribution in [0.15, 0.2) is 4.42 Å². The minimum Gasteiger partial charge on any atom is -0.480 e. The van der Waals surface area contributed by atoms with E-state index in [2.05, 4.69) is 0 Å². The van der Waals surface area contributed by atoms with Gasteiger partial charge in [0.2, 0.25) is 0 Å². The molecule has 0 radical (unpaired) electrons. The van der Waals surface area contributed by atoms with Crippen molar-refractivity contribution in [2.75, 3.05) is 6.54 Å². The molecule has 1 atom stereocenters. The average molecular weight is 307 g/mol. The first-order chi connectivity index (χ1) is 10.4. The number of fused-ring (bicyclic) bond motifs is 1. The number of carboxylic acids is 1. The number of aliphatic carboxylic acids is 1. The number of furan rings is 1. The molecule has 0 saturated heterocycles. The fraction of sp³-hybridized carbons (Fsp3) is 0.562. The van der Waals surface area contributed by atoms with Gasteiger partial charge in [0.05, 0.1) is 5.56 Å². The fourth-order valence-corrected chi connectivity index (χ4v) is 2.78. The Balaban J connectivity index is 2.39. The van der Waals surface area contributed by atoms with E-state index in [0.717, 1.165) is 6.42 Å². The third kappa shape index (κ3) is 2.91. The fourth-order valence-electron chi connectivity index (χ4n) is 2.78. The zero-order chi connectivity index (χ0) is 16.4. The van der Waals surface area contributed by atoms with Crippen molar-refractivity contribution in [3.05, 3.63) is 22.6 Å². The molecular formula is C16H21NO5. The van der Waals surface area contributed by atoms with E-state index in [1.165, 1.54) is 4.90 Å². The molecule has 0 aliphatic heterocycles. The molecule has 2 rings (SSSR count). The number of carbonyl (C=O) groups is 3. The van der Waals surface area contributed by atoms with Crippen LogP contribution in [0, 0.1) is 6.92 Å². The van der Waals surface area contributed by atoms with Gasteiger partial charge in [0.15, 0.2) is 11.5 Å². The minimum absolute atomic E-state index is 0.00475. The molecule has 120 valence electrons. The van der Waals surface area contributed by atoms with Crippen molar-refractivity contribution in [1.29, 1.82) is 0 Å². The summed E-state index contributed by atoms with van der Waals surface area (Å²) in [4.78, 5) is 37.0. The van der Waals surface area contributed by atoms with Crippen molar-refractivity contribution in [3.63, 3.8) is 0 Å². The molecule has 1 N–H and O–H groups in total. The van der Waals surface area contributed by atoms with E-state index in [1.807, 2.05) is 6.92 Å². The van der Waals surface area contributed by atoms with Crippen molar-refractivity contribution in [3.8, 4) is 0 Å². The summed E-state index contributed by atoms with van der Waals surface area (Å²) in [5.41, 5.74) is 1.04. The zero-order valence-electron chi connectivity index (χ0n) is 13.1. The second kappa shape index (κ2) is 6.34. The molecule has 1 unspecified atom stereocenters. The van der Waals surface area contributed by atoms with Crippen LogP contribution in [0.1, 0.15) is 65.3 Å². The number of ketones is 1. The molecule has 0 aromatic carbocycles. The Morgan fingerprint density at radius 3 is 2.59 bits per heavy atom. The number of Topliss-reactive ketones (excluding diaryl/α,β-unsaturated/α-hetero) is 1. The maximum absolute atomic E-state index is 12.7. The van der Waals surface area contributed by atoms with Gasteiger partial charge in [-0.1, -0.05) is 6.92 Å². The highest BCUT2D eigenvalue weighted by atomic mass is 16.4. The van der Waals surface area contributed by atoms with Gasteiger partial charge in [-0.3, -0.25) is 14.4 Å². The molecule has 0 fully saturated rings. The Morgan fingerprint density at radius 2 is 2.05 bits per heavy atom. The molecule has 1 aliphatic rings. The molecule has 0 spiro atoms. The molecule has 22 heavy (non-hydrogen) atoms. The van der Waals surface area contributed by atoms with Gasteiger partial charge < -0.3 is 14.4 Å². The van der Waals surface area contributed by atoms with Crippen molar-refractivity contribution in [2.24, 2.45) is 0 Å². The summed E-state index contributed by atoms with van der Waals surface area (Å²) in [7, 11) is 0. The van der Waals surface area contributed by atoms with Crippen LogP contribution in [0.5, 0.6) is 0 Å². The lowest BCUT2D eigenvalue weighted by Crippen LogP contribution is -2.42. The molecular weight excluding hydrogens is 286 g/mol. The SMILES string of the molecule is CCC(C)N(CC(=O)O)C(=O)c1oc2c(c1C)C(=O)CCC2. The van der Waals surface area contributed by atoms with Gasteiger partial charge in [0.1, 0.15) is 12.3 Å². The Hall–Kier alpha value is -2.11. The molecule has 1 amide bonds. The van der Waals surface area contributed by atoms with Crippen LogP contribution >= 0.6 is 0 Å². The third-order valence-corrected chi connectivity index (χ3v) is 4.19. The van der Waals surface area contributed by atoms with Crippen LogP contribution in [0.3, 0.4) is 0 Å². The van der Waals surface area contributed by atoms with Gasteiger partial charge in [-0.25, -0.2) is 0 Å². The summed E-state index contributed by atoms with van der Waals surface area (Å²) >= 11 is 0. The monoisotopic (exact) mass is 307 g/mol. The van der Waals surface area contributed by atoms with Gasteiger partial charge in [0.25, 0.3) is 5.91 Å². The number of hydrogen-bond donors (Lipinski definition) is 1. The van der Waals surface area contributed by atoms with Crippen LogP contribution in [-0.2, 0) is 11.2 Å². The maximum Gasteiger partial charge on any atom is 0.323 e. The Kier molecular flexibility index (Phi) is 4.68. The summed E-state index contributed by atoms with van der Waals surface area (Å²) < 4.78 is 5.62. The summed E-state index contributed by atoms with van der Waals surface area (Å²) in [5.74, 6) is -0.886. The first kappa shape index (κ1) is 16.3. The number of nitrogens with zero attached hydrogens (tertiary/aromatic N) is 1. The lowest BCUT2D eigenvalue weighted by Gasteiger charge is -2.26. The highest BCUT2D eigenvalue weighted by Crippen LogP contribution is 2.30. The minimum atomic E-state index is -1.07. The van der Waals surface area contributed by atoms with Crippen LogP contribution in [0.25, 0.3) is 0 Å². The summed E-state index contributed by atoms with van der Waals surface area (Å²) in [6.45, 7) is 4.99. The summed E-state index contributed by atoms with van der Waals surface area (Å²) in [6, 6.07) is -0.221. The Morgan fingerprint density at radius 1 is 1.36 bits per heavy atom. The van der Waals surface area contributed by atoms with Crippen LogP contribution < -0.4 is 0 Å². The van der Waals surface area contributed by atoms with Crippen LogP contribution in [0.2, 0.25) is 0 Å². The number of carbonyl (C=O) groups excluding carboxylic acids is 2. The van der Waals surface area contributed by atoms with Gasteiger partial charge in [-0.05, 0) is 26.7 Å². The Labute approximate surface area is 129 Å². The van der Waals surface area contributed by atoms with Gasteiger partial charge in [0, 0.05) is 24.4 Å². The lowest BCUT2D eigenvalue weighted by molar-refractivity contribution is -0.138. The molecule has 1 aliphatic carbocycles. The summed E-state index contributed by atoms with van der Waals surface area (Å²) in [6.07, 6.45) is 2.46. The lowest BCUT2D eigenvalue weighted by atomic mass is 9.94. The highest BCUT2D eigenvalue weighted by molar-refractivity contribution is 6.03. The first-order valence-electron chi connectivity index (χ1n) is 7.55. The molecule has 0 bridgehead atoms. The van der Waals surface area contributed by atoms with Crippen molar-refractivity contribution in [2.45, 2.75) is 52.5 Å². The second-order valence-corrected chi connectivity index (χ2v) is 5.72. The van der Waals surface area contributed by atoms with E-state index in [9.17, 15) is 14.4 Å². The zero-order valence-corrected chi connectivity index (χ0v) is 13.1. The number of hydrogen-bond acceptors (Lipinski definition) is 4. The standard InChI is InChI=1S/C16H21NO5/c1-4-9(2)17(8-13(19)20)16(21)15-10(3)14-11(18)6-5-7-12(14)22-15/h9H,4-8H2,1-3H3,(H,19,20). The van der Waals surface area contributed by atoms with Crippen molar-refractivity contribution < 1.29 is 23.9 Å².